The van der Waals surface area contributed by atoms with Crippen molar-refractivity contribution >= 4 is 28.5 Å². The maximum Gasteiger partial charge on any atom is 0.357 e. The number of carbonyl (C=O) groups excluding carboxylic acids is 2. The molecule has 0 N–H and O–H groups in total. The van der Waals surface area contributed by atoms with E-state index in [-0.39, 0.29) is 18.2 Å². The Morgan fingerprint density at radius 1 is 0.960 bits per heavy atom. The number of likely N-dealkylation sites (N-methyl/N-ethyl adjacent to an activating group) is 1. The first kappa shape index (κ1) is 16.6. The number of benzene rings is 2. The number of ether oxygens (including phenoxy) is 1. The van der Waals surface area contributed by atoms with Gasteiger partial charge in [-0.2, -0.15) is 0 Å². The van der Waals surface area contributed by atoms with Gasteiger partial charge in [0, 0.05) is 17.6 Å². The molecule has 0 radical (unpaired) electrons. The second-order valence-corrected chi connectivity index (χ2v) is 5.44. The summed E-state index contributed by atoms with van der Waals surface area (Å²) in [6, 6.07) is 20.2. The quantitative estimate of drug-likeness (QED) is 0.671. The summed E-state index contributed by atoms with van der Waals surface area (Å²) in [5.41, 5.74) is 1.67. The van der Waals surface area contributed by atoms with Crippen LogP contribution in [0, 0.1) is 0 Å². The van der Waals surface area contributed by atoms with Gasteiger partial charge < -0.3 is 9.64 Å². The third-order valence-electron chi connectivity index (χ3n) is 3.82. The normalized spacial score (nSPS) is 10.4. The Morgan fingerprint density at radius 2 is 1.68 bits per heavy atom. The van der Waals surface area contributed by atoms with Crippen LogP contribution in [0.2, 0.25) is 0 Å². The van der Waals surface area contributed by atoms with Crippen molar-refractivity contribution in [3.8, 4) is 0 Å². The lowest BCUT2D eigenvalue weighted by atomic mass is 10.2. The molecular weight excluding hydrogens is 316 g/mol. The number of amides is 1. The van der Waals surface area contributed by atoms with Crippen molar-refractivity contribution in [1.82, 2.24) is 4.98 Å². The highest BCUT2D eigenvalue weighted by molar-refractivity contribution is 5.97. The largest absolute Gasteiger partial charge is 0.451 e. The summed E-state index contributed by atoms with van der Waals surface area (Å²) in [5.74, 6) is -0.883. The summed E-state index contributed by atoms with van der Waals surface area (Å²) in [7, 11) is 0. The first-order valence-corrected chi connectivity index (χ1v) is 8.07. The molecule has 25 heavy (non-hydrogen) atoms. The third-order valence-corrected chi connectivity index (χ3v) is 3.82. The van der Waals surface area contributed by atoms with E-state index < -0.39 is 5.97 Å². The van der Waals surface area contributed by atoms with E-state index in [0.717, 1.165) is 11.1 Å². The second-order valence-electron chi connectivity index (χ2n) is 5.44. The molecule has 0 bridgehead atoms. The summed E-state index contributed by atoms with van der Waals surface area (Å²) < 4.78 is 5.15. The van der Waals surface area contributed by atoms with Gasteiger partial charge in [0.25, 0.3) is 5.91 Å². The molecule has 0 spiro atoms. The molecule has 2 aromatic carbocycles. The number of fused-ring (bicyclic) bond motifs is 1. The Labute approximate surface area is 145 Å². The van der Waals surface area contributed by atoms with Crippen LogP contribution in [0.15, 0.2) is 66.7 Å². The molecule has 0 aliphatic carbocycles. The van der Waals surface area contributed by atoms with Crippen LogP contribution in [0.3, 0.4) is 0 Å². The molecule has 0 unspecified atom stereocenters. The van der Waals surface area contributed by atoms with Gasteiger partial charge in [-0.1, -0.05) is 42.5 Å². The minimum absolute atomic E-state index is 0.189. The minimum atomic E-state index is -0.608. The zero-order chi connectivity index (χ0) is 17.6. The Morgan fingerprint density at radius 3 is 2.44 bits per heavy atom. The van der Waals surface area contributed by atoms with Gasteiger partial charge in [0.1, 0.15) is 5.69 Å². The van der Waals surface area contributed by atoms with Crippen LogP contribution >= 0.6 is 0 Å². The van der Waals surface area contributed by atoms with Crippen molar-refractivity contribution in [2.45, 2.75) is 6.92 Å². The molecule has 1 aromatic heterocycles. The first-order valence-electron chi connectivity index (χ1n) is 8.07. The van der Waals surface area contributed by atoms with Crippen molar-refractivity contribution in [2.75, 3.05) is 18.1 Å². The highest BCUT2D eigenvalue weighted by Crippen LogP contribution is 2.14. The van der Waals surface area contributed by atoms with Gasteiger partial charge in [-0.05, 0) is 31.2 Å². The number of nitrogens with zero attached hydrogens (tertiary/aromatic N) is 2. The predicted molar refractivity (Wildman–Crippen MR) is 96.5 cm³/mol. The average Bonchev–Trinajstić information content (AvgIpc) is 2.67. The number of rotatable bonds is 5. The van der Waals surface area contributed by atoms with E-state index in [1.54, 1.807) is 11.0 Å². The van der Waals surface area contributed by atoms with E-state index in [1.165, 1.54) is 0 Å². The SMILES string of the molecule is CCN(C(=O)COC(=O)c1ccc2ccccc2n1)c1ccccc1. The van der Waals surface area contributed by atoms with Crippen molar-refractivity contribution in [2.24, 2.45) is 0 Å². The second kappa shape index (κ2) is 7.57. The smallest absolute Gasteiger partial charge is 0.357 e. The molecule has 5 nitrogen and oxygen atoms in total. The van der Waals surface area contributed by atoms with Gasteiger partial charge in [0.15, 0.2) is 6.61 Å². The fraction of sp³-hybridized carbons (Fsp3) is 0.150. The van der Waals surface area contributed by atoms with Crippen LogP contribution in [-0.2, 0) is 9.53 Å². The van der Waals surface area contributed by atoms with Gasteiger partial charge in [0.2, 0.25) is 0 Å². The Hall–Kier alpha value is -3.21. The number of aromatic nitrogens is 1. The summed E-state index contributed by atoms with van der Waals surface area (Å²) >= 11 is 0. The molecule has 3 rings (SSSR count). The topological polar surface area (TPSA) is 59.5 Å². The maximum absolute atomic E-state index is 12.4. The highest BCUT2D eigenvalue weighted by atomic mass is 16.5. The molecule has 0 fully saturated rings. The Balaban J connectivity index is 1.67. The van der Waals surface area contributed by atoms with Gasteiger partial charge in [-0.3, -0.25) is 4.79 Å². The molecule has 3 aromatic rings. The molecular formula is C20H18N2O3. The summed E-state index contributed by atoms with van der Waals surface area (Å²) in [4.78, 5) is 30.4. The van der Waals surface area contributed by atoms with Crippen LogP contribution in [0.4, 0.5) is 5.69 Å². The van der Waals surface area contributed by atoms with Gasteiger partial charge in [0.05, 0.1) is 5.52 Å². The first-order chi connectivity index (χ1) is 12.2. The van der Waals surface area contributed by atoms with Crippen LogP contribution in [-0.4, -0.2) is 30.0 Å². The van der Waals surface area contributed by atoms with E-state index in [1.807, 2.05) is 67.6 Å². The standard InChI is InChI=1S/C20H18N2O3/c1-2-22(16-9-4-3-5-10-16)19(23)14-25-20(24)18-13-12-15-8-6-7-11-17(15)21-18/h3-13H,2,14H2,1H3. The van der Waals surface area contributed by atoms with Crippen molar-refractivity contribution < 1.29 is 14.3 Å². The van der Waals surface area contributed by atoms with E-state index in [4.69, 9.17) is 4.74 Å². The summed E-state index contributed by atoms with van der Waals surface area (Å²) in [5, 5.41) is 0.941. The minimum Gasteiger partial charge on any atom is -0.451 e. The lowest BCUT2D eigenvalue weighted by Crippen LogP contribution is -2.34. The number of esters is 1. The lowest BCUT2D eigenvalue weighted by molar-refractivity contribution is -0.121. The predicted octanol–water partition coefficient (Wildman–Crippen LogP) is 3.44. The zero-order valence-electron chi connectivity index (χ0n) is 13.9. The molecule has 0 aliphatic rings. The van der Waals surface area contributed by atoms with Gasteiger partial charge in [-0.25, -0.2) is 9.78 Å². The molecule has 5 heteroatoms. The van der Waals surface area contributed by atoms with E-state index in [9.17, 15) is 9.59 Å². The summed E-state index contributed by atoms with van der Waals surface area (Å²) in [6.07, 6.45) is 0. The molecule has 1 amide bonds. The maximum atomic E-state index is 12.4. The molecule has 126 valence electrons. The van der Waals surface area contributed by atoms with Crippen molar-refractivity contribution in [3.63, 3.8) is 0 Å². The molecule has 1 heterocycles. The van der Waals surface area contributed by atoms with Crippen LogP contribution in [0.5, 0.6) is 0 Å². The fourth-order valence-electron chi connectivity index (χ4n) is 2.57. The fourth-order valence-corrected chi connectivity index (χ4v) is 2.57. The van der Waals surface area contributed by atoms with Crippen LogP contribution in [0.1, 0.15) is 17.4 Å². The molecule has 0 saturated heterocycles. The van der Waals surface area contributed by atoms with Crippen molar-refractivity contribution in [1.29, 1.82) is 0 Å². The van der Waals surface area contributed by atoms with Crippen LogP contribution in [0.25, 0.3) is 10.9 Å². The highest BCUT2D eigenvalue weighted by Gasteiger charge is 2.17. The van der Waals surface area contributed by atoms with Gasteiger partial charge in [-0.15, -0.1) is 0 Å². The number of hydrogen-bond donors (Lipinski definition) is 0. The van der Waals surface area contributed by atoms with Crippen LogP contribution < -0.4 is 4.90 Å². The Kier molecular flexibility index (Phi) is 5.04. The number of carbonyl (C=O) groups is 2. The van der Waals surface area contributed by atoms with E-state index >= 15 is 0 Å². The molecule has 0 saturated carbocycles. The average molecular weight is 334 g/mol. The van der Waals surface area contributed by atoms with Crippen molar-refractivity contribution in [3.05, 3.63) is 72.4 Å². The number of hydrogen-bond acceptors (Lipinski definition) is 4. The lowest BCUT2D eigenvalue weighted by Gasteiger charge is -2.20. The van der Waals surface area contributed by atoms with Gasteiger partial charge >= 0.3 is 5.97 Å². The monoisotopic (exact) mass is 334 g/mol. The summed E-state index contributed by atoms with van der Waals surface area (Å²) in [6.45, 7) is 2.04. The number of anilines is 1. The third kappa shape index (κ3) is 3.83. The Bertz CT molecular complexity index is 894. The zero-order valence-corrected chi connectivity index (χ0v) is 13.9. The molecule has 0 atom stereocenters. The van der Waals surface area contributed by atoms with E-state index in [0.29, 0.717) is 12.1 Å². The van der Waals surface area contributed by atoms with E-state index in [2.05, 4.69) is 4.98 Å². The molecule has 0 aliphatic heterocycles. The number of pyridine rings is 1. The number of para-hydroxylation sites is 2.